The Morgan fingerprint density at radius 3 is 1.70 bits per heavy atom. The molecule has 2 aromatic rings. The van der Waals surface area contributed by atoms with Gasteiger partial charge in [0, 0.05) is 17.5 Å². The Hall–Kier alpha value is -2.60. The van der Waals surface area contributed by atoms with Crippen LogP contribution in [-0.2, 0) is 9.47 Å². The lowest BCUT2D eigenvalue weighted by molar-refractivity contribution is -0.279. The van der Waals surface area contributed by atoms with Crippen molar-refractivity contribution in [3.8, 4) is 17.2 Å². The van der Waals surface area contributed by atoms with Crippen molar-refractivity contribution in [2.24, 2.45) is 0 Å². The van der Waals surface area contributed by atoms with Crippen molar-refractivity contribution < 1.29 is 69.6 Å². The topological polar surface area (TPSA) is 228 Å². The molecule has 238 valence electrons. The zero-order valence-corrected chi connectivity index (χ0v) is 23.5. The molecule has 43 heavy (non-hydrogen) atoms. The molecule has 14 nitrogen and oxygen atoms in total. The number of aliphatic hydroxyl groups is 9. The largest absolute Gasteiger partial charge is 0.485 e. The van der Waals surface area contributed by atoms with E-state index in [-0.39, 0.29) is 34.8 Å². The first-order valence-corrected chi connectivity index (χ1v) is 14.0. The van der Waals surface area contributed by atoms with Crippen LogP contribution < -0.4 is 14.2 Å². The van der Waals surface area contributed by atoms with Crippen LogP contribution in [0.4, 0.5) is 0 Å². The molecule has 3 heterocycles. The summed E-state index contributed by atoms with van der Waals surface area (Å²) >= 11 is 0. The minimum Gasteiger partial charge on any atom is -0.485 e. The average Bonchev–Trinajstić information content (AvgIpc) is 3.01. The normalized spacial score (nSPS) is 37.7. The van der Waals surface area contributed by atoms with Gasteiger partial charge in [0.25, 0.3) is 0 Å². The quantitative estimate of drug-likeness (QED) is 0.169. The van der Waals surface area contributed by atoms with Gasteiger partial charge in [0.2, 0.25) is 12.6 Å². The zero-order valence-electron chi connectivity index (χ0n) is 23.5. The van der Waals surface area contributed by atoms with E-state index in [0.29, 0.717) is 5.56 Å². The number of benzene rings is 2. The van der Waals surface area contributed by atoms with Crippen LogP contribution in [0.25, 0.3) is 0 Å². The molecule has 2 saturated heterocycles. The highest BCUT2D eigenvalue weighted by Crippen LogP contribution is 2.53. The van der Waals surface area contributed by atoms with E-state index in [1.54, 1.807) is 13.8 Å². The van der Waals surface area contributed by atoms with Gasteiger partial charge in [0.1, 0.15) is 72.2 Å². The van der Waals surface area contributed by atoms with Gasteiger partial charge in [-0.15, -0.1) is 0 Å². The van der Waals surface area contributed by atoms with Gasteiger partial charge in [-0.2, -0.15) is 0 Å². The van der Waals surface area contributed by atoms with Gasteiger partial charge < -0.3 is 69.6 Å². The number of aliphatic hydroxyl groups excluding tert-OH is 9. The summed E-state index contributed by atoms with van der Waals surface area (Å²) in [5, 5.41) is 93.0. The smallest absolute Gasteiger partial charge is 0.229 e. The predicted octanol–water partition coefficient (Wildman–Crippen LogP) is -1.78. The molecule has 0 spiro atoms. The maximum atomic E-state index is 11.4. The Morgan fingerprint density at radius 1 is 0.674 bits per heavy atom. The molecule has 12 atom stereocenters. The number of rotatable bonds is 7. The van der Waals surface area contributed by atoms with E-state index >= 15 is 0 Å². The first-order chi connectivity index (χ1) is 20.5. The Bertz CT molecular complexity index is 1260. The Labute approximate surface area is 246 Å². The Balaban J connectivity index is 1.58. The maximum absolute atomic E-state index is 11.4. The molecule has 2 aromatic carbocycles. The van der Waals surface area contributed by atoms with E-state index in [1.807, 2.05) is 30.3 Å². The molecule has 3 aliphatic heterocycles. The highest BCUT2D eigenvalue weighted by atomic mass is 16.7. The number of fused-ring (bicyclic) bond motifs is 1. The highest BCUT2D eigenvalue weighted by molar-refractivity contribution is 5.63. The van der Waals surface area contributed by atoms with Gasteiger partial charge in [-0.1, -0.05) is 30.3 Å². The maximum Gasteiger partial charge on any atom is 0.229 e. The van der Waals surface area contributed by atoms with Crippen molar-refractivity contribution in [2.75, 3.05) is 13.2 Å². The van der Waals surface area contributed by atoms with Crippen molar-refractivity contribution >= 4 is 0 Å². The molecule has 14 heteroatoms. The van der Waals surface area contributed by atoms with Crippen LogP contribution >= 0.6 is 0 Å². The van der Waals surface area contributed by atoms with Crippen LogP contribution in [0.3, 0.4) is 0 Å². The molecule has 0 unspecified atom stereocenters. The van der Waals surface area contributed by atoms with Crippen molar-refractivity contribution in [1.29, 1.82) is 0 Å². The van der Waals surface area contributed by atoms with Crippen LogP contribution in [0.2, 0.25) is 0 Å². The van der Waals surface area contributed by atoms with Gasteiger partial charge >= 0.3 is 0 Å². The van der Waals surface area contributed by atoms with E-state index in [4.69, 9.17) is 23.7 Å². The zero-order chi connectivity index (χ0) is 31.2. The molecule has 0 bridgehead atoms. The lowest BCUT2D eigenvalue weighted by Gasteiger charge is -2.42. The summed E-state index contributed by atoms with van der Waals surface area (Å²) in [6, 6.07) is 9.16. The van der Waals surface area contributed by atoms with Crippen LogP contribution in [-0.4, -0.2) is 121 Å². The second-order valence-electron chi connectivity index (χ2n) is 11.0. The predicted molar refractivity (Wildman–Crippen MR) is 144 cm³/mol. The second kappa shape index (κ2) is 12.8. The Kier molecular flexibility index (Phi) is 9.46. The van der Waals surface area contributed by atoms with E-state index in [1.165, 1.54) is 0 Å². The molecule has 0 aromatic heterocycles. The summed E-state index contributed by atoms with van der Waals surface area (Å²) in [6.45, 7) is 1.81. The van der Waals surface area contributed by atoms with Gasteiger partial charge in [-0.05, 0) is 19.4 Å². The molecule has 9 N–H and O–H groups in total. The van der Waals surface area contributed by atoms with Crippen molar-refractivity contribution in [3.63, 3.8) is 0 Å². The standard InChI is InChI=1S/C29H38O14/c1-11-25(42-28-23(37)21(35)19(33)16(9-30)40-28)12(2)27(43-29-24(38)22(36)20(34)17(10-31)41-29)18-14(32)8-15(39-26(11)18)13-6-4-3-5-7-13/h3-7,14-17,19-24,28-38H,8-10H2,1-2H3/t14-,15+,16-,17-,19-,20-,21+,22+,23-,24-,28+,29+/m1/s1. The van der Waals surface area contributed by atoms with Crippen molar-refractivity contribution in [3.05, 3.63) is 52.6 Å². The van der Waals surface area contributed by atoms with E-state index in [9.17, 15) is 46.0 Å². The van der Waals surface area contributed by atoms with Gasteiger partial charge in [-0.25, -0.2) is 0 Å². The monoisotopic (exact) mass is 610 g/mol. The van der Waals surface area contributed by atoms with E-state index in [2.05, 4.69) is 0 Å². The van der Waals surface area contributed by atoms with E-state index < -0.39 is 86.8 Å². The van der Waals surface area contributed by atoms with Crippen molar-refractivity contribution in [2.45, 2.75) is 93.9 Å². The van der Waals surface area contributed by atoms with Gasteiger partial charge in [0.05, 0.1) is 24.9 Å². The summed E-state index contributed by atoms with van der Waals surface area (Å²) in [7, 11) is 0. The number of hydrogen-bond donors (Lipinski definition) is 9. The van der Waals surface area contributed by atoms with Gasteiger partial charge in [0.15, 0.2) is 0 Å². The third kappa shape index (κ3) is 5.81. The summed E-state index contributed by atoms with van der Waals surface area (Å²) < 4.78 is 29.5. The SMILES string of the molecule is Cc1c(O[C@@H]2O[C@H](CO)[C@@H](O)[C@H](O)[C@H]2O)c(C)c2c(c1O[C@@H]1O[C@H](CO)[C@@H](O)[C@H](O)[C@H]1O)[C@H](O)C[C@@H](c1ccccc1)O2. The Morgan fingerprint density at radius 2 is 1.19 bits per heavy atom. The summed E-state index contributed by atoms with van der Waals surface area (Å²) in [6.07, 6.45) is -17.5. The van der Waals surface area contributed by atoms with Crippen LogP contribution in [0.15, 0.2) is 30.3 Å². The third-order valence-electron chi connectivity index (χ3n) is 8.22. The minimum atomic E-state index is -1.76. The lowest BCUT2D eigenvalue weighted by atomic mass is 9.90. The minimum absolute atomic E-state index is 0.0311. The molecule has 2 fully saturated rings. The molecular weight excluding hydrogens is 572 g/mol. The summed E-state index contributed by atoms with van der Waals surface area (Å²) in [4.78, 5) is 0. The van der Waals surface area contributed by atoms with Crippen LogP contribution in [0.1, 0.15) is 40.9 Å². The fourth-order valence-corrected chi connectivity index (χ4v) is 5.72. The molecule has 0 saturated carbocycles. The molecule has 0 amide bonds. The second-order valence-corrected chi connectivity index (χ2v) is 11.0. The summed E-state index contributed by atoms with van der Waals surface area (Å²) in [5.74, 6) is 0.115. The molecule has 0 radical (unpaired) electrons. The average molecular weight is 611 g/mol. The van der Waals surface area contributed by atoms with Crippen LogP contribution in [0, 0.1) is 13.8 Å². The molecule has 3 aliphatic rings. The molecular formula is C29H38O14. The van der Waals surface area contributed by atoms with Crippen LogP contribution in [0.5, 0.6) is 17.2 Å². The fraction of sp³-hybridized carbons (Fsp3) is 0.586. The molecule has 5 rings (SSSR count). The van der Waals surface area contributed by atoms with E-state index in [0.717, 1.165) is 5.56 Å². The lowest BCUT2D eigenvalue weighted by Crippen LogP contribution is -2.60. The number of hydrogen-bond acceptors (Lipinski definition) is 14. The summed E-state index contributed by atoms with van der Waals surface area (Å²) in [5.41, 5.74) is 1.52. The first-order valence-electron chi connectivity index (χ1n) is 14.0. The first kappa shape index (κ1) is 31.8. The third-order valence-corrected chi connectivity index (χ3v) is 8.22. The van der Waals surface area contributed by atoms with Crippen molar-refractivity contribution in [1.82, 2.24) is 0 Å². The van der Waals surface area contributed by atoms with Gasteiger partial charge in [-0.3, -0.25) is 0 Å². The molecule has 0 aliphatic carbocycles. The highest BCUT2D eigenvalue weighted by Gasteiger charge is 2.48. The fourth-order valence-electron chi connectivity index (χ4n) is 5.72. The number of ether oxygens (including phenoxy) is 5.